The molecule has 0 spiro atoms. The average Bonchev–Trinajstić information content (AvgIpc) is 2.60. The predicted octanol–water partition coefficient (Wildman–Crippen LogP) is 5.19. The van der Waals surface area contributed by atoms with Gasteiger partial charge >= 0.3 is 11.6 Å². The number of ether oxygens (including phenoxy) is 1. The van der Waals surface area contributed by atoms with Gasteiger partial charge in [0, 0.05) is 11.1 Å². The number of nitrogens with one attached hydrogen (secondary N) is 1. The van der Waals surface area contributed by atoms with Crippen LogP contribution in [-0.2, 0) is 0 Å². The first-order chi connectivity index (χ1) is 12.5. The van der Waals surface area contributed by atoms with Crippen molar-refractivity contribution in [3.8, 4) is 11.6 Å². The standard InChI is InChI=1S/C18H21ClN4O3/c1-11-8-14(9-12(2)15(11)19)26-18-16(23(24)25)17(20-10-21-18)22-13-6-4-3-5-7-13/h8-10,13H,3-7H2,1-2H3,(H,20,21,22). The molecule has 8 heteroatoms. The van der Waals surface area contributed by atoms with E-state index in [0.29, 0.717) is 10.8 Å². The Morgan fingerprint density at radius 1 is 1.19 bits per heavy atom. The van der Waals surface area contributed by atoms with E-state index in [-0.39, 0.29) is 23.4 Å². The molecule has 1 fully saturated rings. The molecule has 1 N–H and O–H groups in total. The zero-order valence-corrected chi connectivity index (χ0v) is 15.5. The highest BCUT2D eigenvalue weighted by Crippen LogP contribution is 2.36. The van der Waals surface area contributed by atoms with Crippen molar-refractivity contribution in [3.05, 3.63) is 44.7 Å². The van der Waals surface area contributed by atoms with E-state index in [2.05, 4.69) is 15.3 Å². The van der Waals surface area contributed by atoms with E-state index >= 15 is 0 Å². The van der Waals surface area contributed by atoms with Crippen LogP contribution in [-0.4, -0.2) is 20.9 Å². The number of nitrogens with zero attached hydrogens (tertiary/aromatic N) is 3. The second kappa shape index (κ2) is 7.86. The molecule has 0 aliphatic heterocycles. The van der Waals surface area contributed by atoms with Crippen molar-refractivity contribution in [2.45, 2.75) is 52.0 Å². The first-order valence-corrected chi connectivity index (χ1v) is 9.04. The van der Waals surface area contributed by atoms with Crippen LogP contribution in [0.15, 0.2) is 18.5 Å². The first-order valence-electron chi connectivity index (χ1n) is 8.66. The molecule has 0 amide bonds. The smallest absolute Gasteiger partial charge is 0.373 e. The van der Waals surface area contributed by atoms with E-state index in [1.807, 2.05) is 13.8 Å². The van der Waals surface area contributed by atoms with E-state index < -0.39 is 4.92 Å². The first kappa shape index (κ1) is 18.4. The number of rotatable bonds is 5. The molecule has 0 saturated heterocycles. The van der Waals surface area contributed by atoms with E-state index in [0.717, 1.165) is 36.8 Å². The van der Waals surface area contributed by atoms with Gasteiger partial charge in [0.2, 0.25) is 5.82 Å². The molecule has 1 aromatic carbocycles. The maximum absolute atomic E-state index is 11.6. The van der Waals surface area contributed by atoms with Crippen LogP contribution in [0.3, 0.4) is 0 Å². The van der Waals surface area contributed by atoms with Gasteiger partial charge in [-0.1, -0.05) is 30.9 Å². The summed E-state index contributed by atoms with van der Waals surface area (Å²) in [5, 5.41) is 15.5. The van der Waals surface area contributed by atoms with Gasteiger partial charge in [-0.25, -0.2) is 4.98 Å². The van der Waals surface area contributed by atoms with Crippen LogP contribution in [0, 0.1) is 24.0 Å². The van der Waals surface area contributed by atoms with Gasteiger partial charge in [0.05, 0.1) is 4.92 Å². The van der Waals surface area contributed by atoms with Gasteiger partial charge in [0.15, 0.2) is 0 Å². The molecule has 0 radical (unpaired) electrons. The van der Waals surface area contributed by atoms with Crippen LogP contribution in [0.4, 0.5) is 11.5 Å². The quantitative estimate of drug-likeness (QED) is 0.570. The zero-order valence-electron chi connectivity index (χ0n) is 14.8. The minimum absolute atomic E-state index is 0.0792. The highest BCUT2D eigenvalue weighted by atomic mass is 35.5. The number of hydrogen-bond donors (Lipinski definition) is 1. The monoisotopic (exact) mass is 376 g/mol. The SMILES string of the molecule is Cc1cc(Oc2ncnc(NC3CCCCC3)c2[N+](=O)[O-])cc(C)c1Cl. The van der Waals surface area contributed by atoms with Gasteiger partial charge in [-0.3, -0.25) is 10.1 Å². The van der Waals surface area contributed by atoms with Gasteiger partial charge < -0.3 is 10.1 Å². The molecule has 0 atom stereocenters. The molecule has 1 aliphatic carbocycles. The summed E-state index contributed by atoms with van der Waals surface area (Å²) in [5.74, 6) is 0.577. The fraction of sp³-hybridized carbons (Fsp3) is 0.444. The molecule has 7 nitrogen and oxygen atoms in total. The summed E-state index contributed by atoms with van der Waals surface area (Å²) in [6.45, 7) is 3.71. The number of benzene rings is 1. The van der Waals surface area contributed by atoms with Crippen LogP contribution >= 0.6 is 11.6 Å². The van der Waals surface area contributed by atoms with E-state index in [9.17, 15) is 10.1 Å². The van der Waals surface area contributed by atoms with Gasteiger partial charge in [0.1, 0.15) is 12.1 Å². The second-order valence-electron chi connectivity index (χ2n) is 6.59. The number of hydrogen-bond acceptors (Lipinski definition) is 6. The van der Waals surface area contributed by atoms with Crippen LogP contribution in [0.1, 0.15) is 43.2 Å². The highest BCUT2D eigenvalue weighted by molar-refractivity contribution is 6.32. The molecule has 1 aromatic heterocycles. The molecule has 1 aliphatic rings. The highest BCUT2D eigenvalue weighted by Gasteiger charge is 2.27. The van der Waals surface area contributed by atoms with Crippen LogP contribution in [0.2, 0.25) is 5.02 Å². The van der Waals surface area contributed by atoms with Crippen molar-refractivity contribution in [2.24, 2.45) is 0 Å². The maximum Gasteiger partial charge on any atom is 0.373 e. The molecule has 2 aromatic rings. The summed E-state index contributed by atoms with van der Waals surface area (Å²) in [7, 11) is 0. The fourth-order valence-electron chi connectivity index (χ4n) is 3.22. The van der Waals surface area contributed by atoms with Crippen molar-refractivity contribution in [1.29, 1.82) is 0 Å². The number of aryl methyl sites for hydroxylation is 2. The summed E-state index contributed by atoms with van der Waals surface area (Å²) in [5.41, 5.74) is 1.42. The molecular formula is C18H21ClN4O3. The summed E-state index contributed by atoms with van der Waals surface area (Å²) < 4.78 is 5.73. The van der Waals surface area contributed by atoms with E-state index in [4.69, 9.17) is 16.3 Å². The third kappa shape index (κ3) is 4.04. The van der Waals surface area contributed by atoms with Crippen LogP contribution in [0.25, 0.3) is 0 Å². The third-order valence-electron chi connectivity index (χ3n) is 4.54. The Balaban J connectivity index is 1.91. The molecule has 1 saturated carbocycles. The molecule has 3 rings (SSSR count). The Labute approximate surface area is 156 Å². The molecule has 1 heterocycles. The third-order valence-corrected chi connectivity index (χ3v) is 5.14. The van der Waals surface area contributed by atoms with Crippen molar-refractivity contribution >= 4 is 23.1 Å². The van der Waals surface area contributed by atoms with Crippen LogP contribution < -0.4 is 10.1 Å². The topological polar surface area (TPSA) is 90.2 Å². The lowest BCUT2D eigenvalue weighted by molar-refractivity contribution is -0.385. The molecule has 0 unspecified atom stereocenters. The van der Waals surface area contributed by atoms with Gasteiger partial charge in [0.25, 0.3) is 0 Å². The Morgan fingerprint density at radius 3 is 2.46 bits per heavy atom. The molecule has 26 heavy (non-hydrogen) atoms. The maximum atomic E-state index is 11.6. The lowest BCUT2D eigenvalue weighted by atomic mass is 9.95. The zero-order chi connectivity index (χ0) is 18.7. The molecular weight excluding hydrogens is 356 g/mol. The summed E-state index contributed by atoms with van der Waals surface area (Å²) in [4.78, 5) is 19.2. The largest absolute Gasteiger partial charge is 0.434 e. The Morgan fingerprint density at radius 2 is 1.85 bits per heavy atom. The van der Waals surface area contributed by atoms with Crippen molar-refractivity contribution in [1.82, 2.24) is 9.97 Å². The second-order valence-corrected chi connectivity index (χ2v) is 6.96. The lowest BCUT2D eigenvalue weighted by Crippen LogP contribution is -2.23. The summed E-state index contributed by atoms with van der Waals surface area (Å²) >= 11 is 6.17. The Hall–Kier alpha value is -2.41. The predicted molar refractivity (Wildman–Crippen MR) is 100 cm³/mol. The summed E-state index contributed by atoms with van der Waals surface area (Å²) in [6, 6.07) is 3.65. The van der Waals surface area contributed by atoms with Crippen molar-refractivity contribution in [3.63, 3.8) is 0 Å². The van der Waals surface area contributed by atoms with Gasteiger partial charge in [-0.2, -0.15) is 4.98 Å². The van der Waals surface area contributed by atoms with Gasteiger partial charge in [-0.15, -0.1) is 0 Å². The van der Waals surface area contributed by atoms with E-state index in [1.54, 1.807) is 12.1 Å². The van der Waals surface area contributed by atoms with Gasteiger partial charge in [-0.05, 0) is 49.9 Å². The summed E-state index contributed by atoms with van der Waals surface area (Å²) in [6.07, 6.45) is 6.67. The molecule has 138 valence electrons. The number of aromatic nitrogens is 2. The normalized spacial score (nSPS) is 14.9. The minimum atomic E-state index is -0.504. The lowest BCUT2D eigenvalue weighted by Gasteiger charge is -2.23. The Kier molecular flexibility index (Phi) is 5.56. The van der Waals surface area contributed by atoms with E-state index in [1.165, 1.54) is 12.7 Å². The number of nitro groups is 1. The average molecular weight is 377 g/mol. The fourth-order valence-corrected chi connectivity index (χ4v) is 3.33. The Bertz CT molecular complexity index is 799. The minimum Gasteiger partial charge on any atom is -0.434 e. The molecule has 0 bridgehead atoms. The van der Waals surface area contributed by atoms with Crippen molar-refractivity contribution in [2.75, 3.05) is 5.32 Å². The van der Waals surface area contributed by atoms with Crippen LogP contribution in [0.5, 0.6) is 11.6 Å². The number of anilines is 1. The van der Waals surface area contributed by atoms with Crippen molar-refractivity contribution < 1.29 is 9.66 Å². The number of halogens is 1.